The molecule has 0 aliphatic heterocycles. The number of aliphatic hydroxyl groups is 1. The molecular weight excluding hydrogens is 280 g/mol. The normalized spacial score (nSPS) is 11.9. The Morgan fingerprint density at radius 3 is 2.60 bits per heavy atom. The van der Waals surface area contributed by atoms with Crippen molar-refractivity contribution in [1.29, 1.82) is 0 Å². The number of aryl methyl sites for hydroxylation is 1. The Hall–Kier alpha value is -1.53. The van der Waals surface area contributed by atoms with E-state index in [1.807, 2.05) is 12.3 Å². The zero-order valence-electron chi connectivity index (χ0n) is 11.5. The monoisotopic (exact) mass is 298 g/mol. The van der Waals surface area contributed by atoms with Gasteiger partial charge in [0, 0.05) is 11.3 Å². The standard InChI is InChI=1S/C14H18O5S/c1-3-19-12(15)5-4-9-6-10(13(16)14(17)18)8-11(7-9)20-2/h6-8,13,16H,3-5H2,1-2H3,(H,17,18). The Labute approximate surface area is 121 Å². The smallest absolute Gasteiger partial charge is 0.337 e. The summed E-state index contributed by atoms with van der Waals surface area (Å²) < 4.78 is 4.85. The SMILES string of the molecule is CCOC(=O)CCc1cc(SC)cc(C(O)C(=O)O)c1. The molecule has 6 heteroatoms. The predicted octanol–water partition coefficient (Wildman–Crippen LogP) is 2.02. The molecule has 0 saturated heterocycles. The molecule has 2 N–H and O–H groups in total. The van der Waals surface area contributed by atoms with E-state index in [0.29, 0.717) is 18.6 Å². The Bertz CT molecular complexity index is 486. The summed E-state index contributed by atoms with van der Waals surface area (Å²) in [6, 6.07) is 5.12. The molecule has 0 amide bonds. The van der Waals surface area contributed by atoms with Crippen LogP contribution in [-0.2, 0) is 20.7 Å². The second kappa shape index (κ2) is 7.91. The first-order valence-corrected chi connectivity index (χ1v) is 7.44. The molecule has 0 aliphatic rings. The zero-order chi connectivity index (χ0) is 15.1. The molecule has 0 aromatic heterocycles. The highest BCUT2D eigenvalue weighted by Gasteiger charge is 2.17. The highest BCUT2D eigenvalue weighted by Crippen LogP contribution is 2.24. The number of ether oxygens (including phenoxy) is 1. The van der Waals surface area contributed by atoms with Crippen LogP contribution < -0.4 is 0 Å². The van der Waals surface area contributed by atoms with E-state index in [9.17, 15) is 14.7 Å². The van der Waals surface area contributed by atoms with Gasteiger partial charge < -0.3 is 14.9 Å². The number of carbonyl (C=O) groups excluding carboxylic acids is 1. The fraction of sp³-hybridized carbons (Fsp3) is 0.429. The second-order valence-electron chi connectivity index (χ2n) is 4.16. The average molecular weight is 298 g/mol. The van der Waals surface area contributed by atoms with Gasteiger partial charge in [-0.1, -0.05) is 6.07 Å². The molecular formula is C14H18O5S. The van der Waals surface area contributed by atoms with Gasteiger partial charge >= 0.3 is 11.9 Å². The number of esters is 1. The number of carboxylic acid groups (broad SMARTS) is 1. The van der Waals surface area contributed by atoms with Crippen LogP contribution in [0.5, 0.6) is 0 Å². The fourth-order valence-corrected chi connectivity index (χ4v) is 2.25. The summed E-state index contributed by atoms with van der Waals surface area (Å²) in [5, 5.41) is 18.5. The number of hydrogen-bond acceptors (Lipinski definition) is 5. The highest BCUT2D eigenvalue weighted by atomic mass is 32.2. The number of aliphatic hydroxyl groups excluding tert-OH is 1. The molecule has 0 fully saturated rings. The largest absolute Gasteiger partial charge is 0.479 e. The van der Waals surface area contributed by atoms with Crippen molar-refractivity contribution >= 4 is 23.7 Å². The molecule has 5 nitrogen and oxygen atoms in total. The summed E-state index contributed by atoms with van der Waals surface area (Å²) >= 11 is 1.45. The number of aliphatic carboxylic acids is 1. The summed E-state index contributed by atoms with van der Waals surface area (Å²) in [5.41, 5.74) is 1.13. The van der Waals surface area contributed by atoms with Crippen LogP contribution >= 0.6 is 11.8 Å². The van der Waals surface area contributed by atoms with Crippen molar-refractivity contribution in [1.82, 2.24) is 0 Å². The third-order valence-electron chi connectivity index (χ3n) is 2.70. The van der Waals surface area contributed by atoms with Gasteiger partial charge in [0.15, 0.2) is 6.10 Å². The van der Waals surface area contributed by atoms with E-state index in [4.69, 9.17) is 9.84 Å². The Kier molecular flexibility index (Phi) is 6.54. The molecule has 1 atom stereocenters. The first kappa shape index (κ1) is 16.5. The van der Waals surface area contributed by atoms with Crippen molar-refractivity contribution in [2.45, 2.75) is 30.8 Å². The number of rotatable bonds is 7. The van der Waals surface area contributed by atoms with E-state index in [-0.39, 0.29) is 12.4 Å². The highest BCUT2D eigenvalue weighted by molar-refractivity contribution is 7.98. The van der Waals surface area contributed by atoms with E-state index in [2.05, 4.69) is 0 Å². The molecule has 1 unspecified atom stereocenters. The Balaban J connectivity index is 2.87. The van der Waals surface area contributed by atoms with Crippen LogP contribution in [0.25, 0.3) is 0 Å². The third-order valence-corrected chi connectivity index (χ3v) is 3.40. The molecule has 110 valence electrons. The third kappa shape index (κ3) is 4.86. The minimum absolute atomic E-state index is 0.230. The van der Waals surface area contributed by atoms with Gasteiger partial charge in [-0.15, -0.1) is 11.8 Å². The minimum atomic E-state index is -1.55. The number of benzene rings is 1. The van der Waals surface area contributed by atoms with Crippen LogP contribution in [0.4, 0.5) is 0 Å². The van der Waals surface area contributed by atoms with E-state index in [1.165, 1.54) is 11.8 Å². The Morgan fingerprint density at radius 1 is 1.35 bits per heavy atom. The molecule has 0 heterocycles. The van der Waals surface area contributed by atoms with Gasteiger partial charge in [-0.3, -0.25) is 4.79 Å². The molecule has 0 radical (unpaired) electrons. The van der Waals surface area contributed by atoms with E-state index < -0.39 is 12.1 Å². The molecule has 0 saturated carbocycles. The summed E-state index contributed by atoms with van der Waals surface area (Å²) in [5.74, 6) is -1.58. The lowest BCUT2D eigenvalue weighted by molar-refractivity contribution is -0.147. The average Bonchev–Trinajstić information content (AvgIpc) is 2.44. The van der Waals surface area contributed by atoms with Crippen LogP contribution in [0, 0.1) is 0 Å². The summed E-state index contributed by atoms with van der Waals surface area (Å²) in [6.07, 6.45) is 0.992. The number of thioether (sulfide) groups is 1. The first-order valence-electron chi connectivity index (χ1n) is 6.22. The van der Waals surface area contributed by atoms with Crippen LogP contribution in [0.2, 0.25) is 0 Å². The van der Waals surface area contributed by atoms with Crippen molar-refractivity contribution in [3.8, 4) is 0 Å². The molecule has 1 rings (SSSR count). The molecule has 1 aromatic carbocycles. The molecule has 0 spiro atoms. The van der Waals surface area contributed by atoms with E-state index >= 15 is 0 Å². The number of carboxylic acids is 1. The van der Waals surface area contributed by atoms with Crippen molar-refractivity contribution in [3.05, 3.63) is 29.3 Å². The maximum absolute atomic E-state index is 11.3. The lowest BCUT2D eigenvalue weighted by Gasteiger charge is -2.11. The van der Waals surface area contributed by atoms with Gasteiger partial charge in [0.05, 0.1) is 6.61 Å². The topological polar surface area (TPSA) is 83.8 Å². The maximum atomic E-state index is 11.3. The molecule has 1 aromatic rings. The second-order valence-corrected chi connectivity index (χ2v) is 5.04. The minimum Gasteiger partial charge on any atom is -0.479 e. The van der Waals surface area contributed by atoms with Crippen LogP contribution in [0.3, 0.4) is 0 Å². The van der Waals surface area contributed by atoms with Crippen LogP contribution in [0.1, 0.15) is 30.6 Å². The number of carbonyl (C=O) groups is 2. The van der Waals surface area contributed by atoms with E-state index in [0.717, 1.165) is 10.5 Å². The van der Waals surface area contributed by atoms with Crippen LogP contribution in [0.15, 0.2) is 23.1 Å². The van der Waals surface area contributed by atoms with Gasteiger partial charge in [-0.05, 0) is 42.9 Å². The lowest BCUT2D eigenvalue weighted by Crippen LogP contribution is -2.11. The summed E-state index contributed by atoms with van der Waals surface area (Å²) in [6.45, 7) is 2.08. The maximum Gasteiger partial charge on any atom is 0.337 e. The Morgan fingerprint density at radius 2 is 2.05 bits per heavy atom. The van der Waals surface area contributed by atoms with Gasteiger partial charge in [-0.25, -0.2) is 4.79 Å². The molecule has 20 heavy (non-hydrogen) atoms. The predicted molar refractivity (Wildman–Crippen MR) is 75.8 cm³/mol. The molecule has 0 bridgehead atoms. The summed E-state index contributed by atoms with van der Waals surface area (Å²) in [4.78, 5) is 23.0. The van der Waals surface area contributed by atoms with Gasteiger partial charge in [0.1, 0.15) is 0 Å². The van der Waals surface area contributed by atoms with Gasteiger partial charge in [0.2, 0.25) is 0 Å². The quantitative estimate of drug-likeness (QED) is 0.592. The van der Waals surface area contributed by atoms with Crippen molar-refractivity contribution in [2.75, 3.05) is 12.9 Å². The summed E-state index contributed by atoms with van der Waals surface area (Å²) in [7, 11) is 0. The van der Waals surface area contributed by atoms with E-state index in [1.54, 1.807) is 19.1 Å². The number of hydrogen-bond donors (Lipinski definition) is 2. The van der Waals surface area contributed by atoms with Crippen molar-refractivity contribution in [3.63, 3.8) is 0 Å². The van der Waals surface area contributed by atoms with Crippen LogP contribution in [-0.4, -0.2) is 35.0 Å². The zero-order valence-corrected chi connectivity index (χ0v) is 12.3. The first-order chi connectivity index (χ1) is 9.47. The van der Waals surface area contributed by atoms with Crippen molar-refractivity contribution in [2.24, 2.45) is 0 Å². The fourth-order valence-electron chi connectivity index (χ4n) is 1.73. The lowest BCUT2D eigenvalue weighted by atomic mass is 10.0. The van der Waals surface area contributed by atoms with Gasteiger partial charge in [-0.2, -0.15) is 0 Å². The van der Waals surface area contributed by atoms with Crippen molar-refractivity contribution < 1.29 is 24.5 Å². The van der Waals surface area contributed by atoms with Gasteiger partial charge in [0.25, 0.3) is 0 Å². The molecule has 0 aliphatic carbocycles.